The number of ether oxygens (including phenoxy) is 1. The fourth-order valence-corrected chi connectivity index (χ4v) is 4.97. The van der Waals surface area contributed by atoms with Crippen molar-refractivity contribution in [1.82, 2.24) is 25.2 Å². The lowest BCUT2D eigenvalue weighted by Gasteiger charge is -2.31. The average molecular weight is 410 g/mol. The van der Waals surface area contributed by atoms with Crippen LogP contribution in [-0.2, 0) is 11.2 Å². The largest absolute Gasteiger partial charge is 0.370 e. The molecule has 0 spiro atoms. The molecule has 0 bridgehead atoms. The van der Waals surface area contributed by atoms with Crippen LogP contribution in [0.25, 0.3) is 10.9 Å². The predicted octanol–water partition coefficient (Wildman–Crippen LogP) is 1.20. The Hall–Kier alpha value is -2.58. The predicted molar refractivity (Wildman–Crippen MR) is 113 cm³/mol. The van der Waals surface area contributed by atoms with Gasteiger partial charge in [-0.3, -0.25) is 4.79 Å². The van der Waals surface area contributed by atoms with Crippen molar-refractivity contribution in [2.45, 2.75) is 51.1 Å². The number of pyridine rings is 1. The second-order valence-corrected chi connectivity index (χ2v) is 8.45. The highest BCUT2D eigenvalue weighted by molar-refractivity contribution is 5.79. The van der Waals surface area contributed by atoms with Crippen LogP contribution in [0.15, 0.2) is 29.1 Å². The molecular weight excluding hydrogens is 380 g/mol. The van der Waals surface area contributed by atoms with Gasteiger partial charge in [0.25, 0.3) is 5.56 Å². The molecule has 2 N–H and O–H groups in total. The first-order valence-electron chi connectivity index (χ1n) is 11.1. The number of nitrogens with zero attached hydrogens (tertiary/aromatic N) is 4. The van der Waals surface area contributed by atoms with Gasteiger partial charge in [0, 0.05) is 5.52 Å². The highest BCUT2D eigenvalue weighted by atomic mass is 16.5. The van der Waals surface area contributed by atoms with E-state index in [0.29, 0.717) is 19.3 Å². The van der Waals surface area contributed by atoms with E-state index in [0.717, 1.165) is 54.6 Å². The van der Waals surface area contributed by atoms with E-state index in [2.05, 4.69) is 39.6 Å². The van der Waals surface area contributed by atoms with E-state index in [9.17, 15) is 4.79 Å². The Morgan fingerprint density at radius 2 is 2.03 bits per heavy atom. The first kappa shape index (κ1) is 19.4. The van der Waals surface area contributed by atoms with Crippen LogP contribution in [0.2, 0.25) is 0 Å². The SMILES string of the molecule is CCc1ccc2[nH]c(=O)c([C@H](c3nnnn3C3CCCC3)[NH+]3CCOCC3)cc2c1. The van der Waals surface area contributed by atoms with Crippen molar-refractivity contribution in [3.8, 4) is 0 Å². The summed E-state index contributed by atoms with van der Waals surface area (Å²) in [7, 11) is 0. The third kappa shape index (κ3) is 3.54. The van der Waals surface area contributed by atoms with Gasteiger partial charge in [-0.1, -0.05) is 25.8 Å². The highest BCUT2D eigenvalue weighted by Crippen LogP contribution is 2.31. The Balaban J connectivity index is 1.65. The number of rotatable bonds is 5. The number of H-pyrrole nitrogens is 1. The summed E-state index contributed by atoms with van der Waals surface area (Å²) in [5, 5.41) is 13.9. The van der Waals surface area contributed by atoms with Gasteiger partial charge in [0.05, 0.1) is 24.8 Å². The average Bonchev–Trinajstić information content (AvgIpc) is 3.47. The van der Waals surface area contributed by atoms with Crippen molar-refractivity contribution in [2.75, 3.05) is 26.3 Å². The molecule has 1 aromatic carbocycles. The molecule has 0 amide bonds. The summed E-state index contributed by atoms with van der Waals surface area (Å²) >= 11 is 0. The highest BCUT2D eigenvalue weighted by Gasteiger charge is 2.36. The van der Waals surface area contributed by atoms with Gasteiger partial charge in [0.2, 0.25) is 5.82 Å². The van der Waals surface area contributed by atoms with Crippen molar-refractivity contribution < 1.29 is 9.64 Å². The molecule has 8 nitrogen and oxygen atoms in total. The molecule has 0 unspecified atom stereocenters. The Kier molecular flexibility index (Phi) is 5.35. The van der Waals surface area contributed by atoms with Crippen molar-refractivity contribution in [1.29, 1.82) is 0 Å². The monoisotopic (exact) mass is 409 g/mol. The van der Waals surface area contributed by atoms with E-state index >= 15 is 0 Å². The molecule has 5 rings (SSSR count). The smallest absolute Gasteiger partial charge is 0.258 e. The number of fused-ring (bicyclic) bond motifs is 1. The van der Waals surface area contributed by atoms with Crippen LogP contribution < -0.4 is 10.5 Å². The molecule has 8 heteroatoms. The zero-order valence-electron chi connectivity index (χ0n) is 17.4. The molecule has 1 atom stereocenters. The van der Waals surface area contributed by atoms with Gasteiger partial charge >= 0.3 is 0 Å². The maximum Gasteiger partial charge on any atom is 0.258 e. The number of aryl methyl sites for hydroxylation is 1. The molecule has 1 saturated heterocycles. The first-order chi connectivity index (χ1) is 14.7. The van der Waals surface area contributed by atoms with Crippen molar-refractivity contribution in [3.05, 3.63) is 51.6 Å². The van der Waals surface area contributed by atoms with Gasteiger partial charge in [-0.15, -0.1) is 5.10 Å². The van der Waals surface area contributed by atoms with Gasteiger partial charge in [-0.25, -0.2) is 4.68 Å². The second kappa shape index (κ2) is 8.28. The molecule has 1 aliphatic heterocycles. The summed E-state index contributed by atoms with van der Waals surface area (Å²) in [6, 6.07) is 8.41. The number of benzene rings is 1. The number of morpholine rings is 1. The van der Waals surface area contributed by atoms with E-state index in [1.165, 1.54) is 23.3 Å². The first-order valence-corrected chi connectivity index (χ1v) is 11.1. The number of quaternary nitrogens is 1. The number of tetrazole rings is 1. The number of hydrogen-bond acceptors (Lipinski definition) is 5. The van der Waals surface area contributed by atoms with E-state index in [1.807, 2.05) is 16.8 Å². The van der Waals surface area contributed by atoms with E-state index in [1.54, 1.807) is 0 Å². The molecule has 1 aliphatic carbocycles. The Morgan fingerprint density at radius 1 is 1.23 bits per heavy atom. The van der Waals surface area contributed by atoms with Crippen LogP contribution in [0.3, 0.4) is 0 Å². The second-order valence-electron chi connectivity index (χ2n) is 8.45. The molecule has 158 valence electrons. The zero-order chi connectivity index (χ0) is 20.5. The van der Waals surface area contributed by atoms with E-state index in [-0.39, 0.29) is 11.6 Å². The van der Waals surface area contributed by atoms with Gasteiger partial charge in [0.1, 0.15) is 13.1 Å². The Morgan fingerprint density at radius 3 is 2.80 bits per heavy atom. The molecule has 2 fully saturated rings. The van der Waals surface area contributed by atoms with Gasteiger partial charge in [-0.05, 0) is 58.8 Å². The van der Waals surface area contributed by atoms with Crippen LogP contribution in [0, 0.1) is 0 Å². The molecular formula is C22H29N6O2+. The van der Waals surface area contributed by atoms with E-state index < -0.39 is 0 Å². The molecule has 2 aromatic heterocycles. The third-order valence-corrected chi connectivity index (χ3v) is 6.65. The van der Waals surface area contributed by atoms with Crippen molar-refractivity contribution in [2.24, 2.45) is 0 Å². The minimum Gasteiger partial charge on any atom is -0.370 e. The van der Waals surface area contributed by atoms with Crippen LogP contribution >= 0.6 is 0 Å². The Bertz CT molecular complexity index is 1080. The maximum atomic E-state index is 13.2. The summed E-state index contributed by atoms with van der Waals surface area (Å²) < 4.78 is 7.59. The standard InChI is InChI=1S/C22H28N6O2/c1-2-15-7-8-19-16(13-15)14-18(22(29)23-19)20(27-9-11-30-12-10-27)21-24-25-26-28(21)17-5-3-4-6-17/h7-8,13-14,17,20H,2-6,9-12H2,1H3,(H,23,29)/p+1/t20-/m1/s1. The van der Waals surface area contributed by atoms with Gasteiger partial charge < -0.3 is 14.6 Å². The Labute approximate surface area is 175 Å². The van der Waals surface area contributed by atoms with Gasteiger partial charge in [-0.2, -0.15) is 0 Å². The fourth-order valence-electron chi connectivity index (χ4n) is 4.97. The van der Waals surface area contributed by atoms with Crippen molar-refractivity contribution in [3.63, 3.8) is 0 Å². The maximum absolute atomic E-state index is 13.2. The lowest BCUT2D eigenvalue weighted by molar-refractivity contribution is -0.933. The molecule has 3 heterocycles. The normalized spacial score (nSPS) is 19.5. The minimum atomic E-state index is -0.206. The quantitative estimate of drug-likeness (QED) is 0.661. The van der Waals surface area contributed by atoms with E-state index in [4.69, 9.17) is 4.74 Å². The lowest BCUT2D eigenvalue weighted by Crippen LogP contribution is -3.14. The van der Waals surface area contributed by atoms with Crippen LogP contribution in [0.5, 0.6) is 0 Å². The van der Waals surface area contributed by atoms with Crippen LogP contribution in [0.1, 0.15) is 61.6 Å². The summed E-state index contributed by atoms with van der Waals surface area (Å²) in [6.45, 7) is 5.16. The number of aromatic nitrogens is 5. The van der Waals surface area contributed by atoms with Gasteiger partial charge in [0.15, 0.2) is 6.04 Å². The summed E-state index contributed by atoms with van der Waals surface area (Å²) in [6.07, 6.45) is 5.56. The fraction of sp³-hybridized carbons (Fsp3) is 0.545. The van der Waals surface area contributed by atoms with Crippen molar-refractivity contribution >= 4 is 10.9 Å². The molecule has 3 aromatic rings. The summed E-state index contributed by atoms with van der Waals surface area (Å²) in [4.78, 5) is 17.6. The molecule has 30 heavy (non-hydrogen) atoms. The number of nitrogens with one attached hydrogen (secondary N) is 2. The topological polar surface area (TPSA) is 90.1 Å². The summed E-state index contributed by atoms with van der Waals surface area (Å²) in [5.74, 6) is 0.801. The van der Waals surface area contributed by atoms with Crippen LogP contribution in [0.4, 0.5) is 0 Å². The number of hydrogen-bond donors (Lipinski definition) is 2. The number of aromatic amines is 1. The molecule has 1 saturated carbocycles. The zero-order valence-corrected chi connectivity index (χ0v) is 17.4. The third-order valence-electron chi connectivity index (χ3n) is 6.65. The molecule has 0 radical (unpaired) electrons. The van der Waals surface area contributed by atoms with Crippen LogP contribution in [-0.4, -0.2) is 51.5 Å². The molecule has 2 aliphatic rings. The lowest BCUT2D eigenvalue weighted by atomic mass is 10.0. The summed E-state index contributed by atoms with van der Waals surface area (Å²) in [5.41, 5.74) is 2.80. The minimum absolute atomic E-state index is 0.0586.